The van der Waals surface area contributed by atoms with E-state index in [1.807, 2.05) is 6.92 Å². The topological polar surface area (TPSA) is 73.9 Å². The molecule has 0 saturated heterocycles. The van der Waals surface area contributed by atoms with Crippen molar-refractivity contribution in [3.63, 3.8) is 0 Å². The van der Waals surface area contributed by atoms with Crippen molar-refractivity contribution in [3.05, 3.63) is 53.1 Å². The summed E-state index contributed by atoms with van der Waals surface area (Å²) in [6, 6.07) is 12.0. The summed E-state index contributed by atoms with van der Waals surface area (Å²) in [7, 11) is 1.50. The number of hydrogen-bond donors (Lipinski definition) is 1. The molecule has 138 valence electrons. The molecular weight excluding hydrogens is 358 g/mol. The highest BCUT2D eigenvalue weighted by molar-refractivity contribution is 6.31. The maximum absolute atomic E-state index is 12.2. The average molecular weight is 378 g/mol. The lowest BCUT2D eigenvalue weighted by Crippen LogP contribution is -2.31. The first-order chi connectivity index (χ1) is 12.4. The van der Waals surface area contributed by atoms with Gasteiger partial charge in [-0.2, -0.15) is 0 Å². The largest absolute Gasteiger partial charge is 0.495 e. The van der Waals surface area contributed by atoms with Crippen LogP contribution in [0.15, 0.2) is 42.5 Å². The Morgan fingerprint density at radius 1 is 1.19 bits per heavy atom. The van der Waals surface area contributed by atoms with Crippen molar-refractivity contribution in [2.45, 2.75) is 20.0 Å². The number of anilines is 1. The van der Waals surface area contributed by atoms with Crippen LogP contribution in [0.1, 0.15) is 12.5 Å². The van der Waals surface area contributed by atoms with Gasteiger partial charge in [0.1, 0.15) is 11.5 Å². The van der Waals surface area contributed by atoms with Crippen LogP contribution in [0.25, 0.3) is 0 Å². The predicted octanol–water partition coefficient (Wildman–Crippen LogP) is 3.61. The number of halogens is 1. The number of methoxy groups -OCH3 is 1. The molecule has 1 N–H and O–H groups in total. The Morgan fingerprint density at radius 3 is 2.62 bits per heavy atom. The molecule has 1 amide bonds. The zero-order valence-electron chi connectivity index (χ0n) is 14.7. The van der Waals surface area contributed by atoms with Crippen molar-refractivity contribution in [1.82, 2.24) is 0 Å². The maximum Gasteiger partial charge on any atom is 0.344 e. The van der Waals surface area contributed by atoms with Crippen molar-refractivity contribution >= 4 is 29.2 Å². The highest BCUT2D eigenvalue weighted by atomic mass is 35.5. The van der Waals surface area contributed by atoms with E-state index < -0.39 is 18.0 Å². The summed E-state index contributed by atoms with van der Waals surface area (Å²) in [6.45, 7) is 3.00. The number of rotatable bonds is 7. The van der Waals surface area contributed by atoms with Gasteiger partial charge in [0.2, 0.25) is 0 Å². The number of esters is 1. The van der Waals surface area contributed by atoms with Gasteiger partial charge in [-0.25, -0.2) is 4.79 Å². The number of para-hydroxylation sites is 2. The average Bonchev–Trinajstić information content (AvgIpc) is 2.63. The fourth-order valence-electron chi connectivity index (χ4n) is 2.12. The van der Waals surface area contributed by atoms with E-state index in [1.54, 1.807) is 42.5 Å². The number of aryl methyl sites for hydroxylation is 1. The summed E-state index contributed by atoms with van der Waals surface area (Å²) in [6.07, 6.45) is -0.983. The van der Waals surface area contributed by atoms with Gasteiger partial charge in [0.25, 0.3) is 5.91 Å². The molecule has 0 aliphatic carbocycles. The van der Waals surface area contributed by atoms with Gasteiger partial charge in [0.05, 0.1) is 12.8 Å². The molecule has 0 heterocycles. The first kappa shape index (κ1) is 19.6. The van der Waals surface area contributed by atoms with Gasteiger partial charge in [-0.05, 0) is 49.7 Å². The van der Waals surface area contributed by atoms with E-state index in [9.17, 15) is 9.59 Å². The van der Waals surface area contributed by atoms with Crippen LogP contribution < -0.4 is 14.8 Å². The number of nitrogens with one attached hydrogen (secondary N) is 1. The van der Waals surface area contributed by atoms with E-state index in [-0.39, 0.29) is 6.61 Å². The zero-order valence-corrected chi connectivity index (χ0v) is 15.5. The third kappa shape index (κ3) is 5.39. The molecule has 1 atom stereocenters. The SMILES string of the molecule is COc1ccccc1NC(=O)[C@@H](C)OC(=O)COc1ccc(Cl)c(C)c1. The van der Waals surface area contributed by atoms with E-state index in [0.29, 0.717) is 22.2 Å². The lowest BCUT2D eigenvalue weighted by atomic mass is 10.2. The zero-order chi connectivity index (χ0) is 19.1. The molecule has 6 nitrogen and oxygen atoms in total. The molecule has 0 aromatic heterocycles. The van der Waals surface area contributed by atoms with Crippen molar-refractivity contribution in [3.8, 4) is 11.5 Å². The Balaban J connectivity index is 1.85. The van der Waals surface area contributed by atoms with Gasteiger partial charge in [0.15, 0.2) is 12.7 Å². The summed E-state index contributed by atoms with van der Waals surface area (Å²) in [5, 5.41) is 3.27. The quantitative estimate of drug-likeness (QED) is 0.746. The Labute approximate surface area is 157 Å². The number of ether oxygens (including phenoxy) is 3. The molecule has 0 fully saturated rings. The molecule has 0 saturated carbocycles. The Bertz CT molecular complexity index is 793. The number of amides is 1. The van der Waals surface area contributed by atoms with Gasteiger partial charge in [-0.15, -0.1) is 0 Å². The van der Waals surface area contributed by atoms with E-state index in [2.05, 4.69) is 5.32 Å². The number of carbonyl (C=O) groups excluding carboxylic acids is 2. The molecule has 0 bridgehead atoms. The Morgan fingerprint density at radius 2 is 1.92 bits per heavy atom. The molecule has 0 aliphatic heterocycles. The molecule has 7 heteroatoms. The predicted molar refractivity (Wildman–Crippen MR) is 98.9 cm³/mol. The van der Waals surface area contributed by atoms with Crippen LogP contribution in [0.4, 0.5) is 5.69 Å². The van der Waals surface area contributed by atoms with Crippen LogP contribution in [0.3, 0.4) is 0 Å². The van der Waals surface area contributed by atoms with Crippen LogP contribution in [-0.2, 0) is 14.3 Å². The fraction of sp³-hybridized carbons (Fsp3) is 0.263. The Hall–Kier alpha value is -2.73. The molecular formula is C19H20ClNO5. The molecule has 2 aromatic carbocycles. The number of carbonyl (C=O) groups is 2. The van der Waals surface area contributed by atoms with Crippen molar-refractivity contribution in [1.29, 1.82) is 0 Å². The third-order valence-electron chi connectivity index (χ3n) is 3.53. The number of benzene rings is 2. The molecule has 0 radical (unpaired) electrons. The minimum Gasteiger partial charge on any atom is -0.495 e. The molecule has 2 aromatic rings. The van der Waals surface area contributed by atoms with Crippen LogP contribution in [0.2, 0.25) is 5.02 Å². The monoisotopic (exact) mass is 377 g/mol. The highest BCUT2D eigenvalue weighted by Crippen LogP contribution is 2.23. The molecule has 0 unspecified atom stereocenters. The molecule has 0 aliphatic rings. The second-order valence-corrected chi connectivity index (χ2v) is 5.93. The van der Waals surface area contributed by atoms with Crippen molar-refractivity contribution < 1.29 is 23.8 Å². The van der Waals surface area contributed by atoms with Crippen LogP contribution >= 0.6 is 11.6 Å². The second kappa shape index (κ2) is 9.10. The fourth-order valence-corrected chi connectivity index (χ4v) is 2.23. The van der Waals surface area contributed by atoms with Crippen LogP contribution in [0, 0.1) is 6.92 Å². The smallest absolute Gasteiger partial charge is 0.344 e. The van der Waals surface area contributed by atoms with Gasteiger partial charge >= 0.3 is 5.97 Å². The van der Waals surface area contributed by atoms with E-state index in [1.165, 1.54) is 14.0 Å². The van der Waals surface area contributed by atoms with Gasteiger partial charge < -0.3 is 19.5 Å². The first-order valence-corrected chi connectivity index (χ1v) is 8.31. The highest BCUT2D eigenvalue weighted by Gasteiger charge is 2.19. The Kier molecular flexibility index (Phi) is 6.86. The van der Waals surface area contributed by atoms with E-state index >= 15 is 0 Å². The molecule has 26 heavy (non-hydrogen) atoms. The van der Waals surface area contributed by atoms with E-state index in [0.717, 1.165) is 5.56 Å². The van der Waals surface area contributed by atoms with E-state index in [4.69, 9.17) is 25.8 Å². The lowest BCUT2D eigenvalue weighted by molar-refractivity contribution is -0.155. The first-order valence-electron chi connectivity index (χ1n) is 7.93. The summed E-state index contributed by atoms with van der Waals surface area (Å²) in [4.78, 5) is 24.1. The minimum absolute atomic E-state index is 0.312. The normalized spacial score (nSPS) is 11.4. The lowest BCUT2D eigenvalue weighted by Gasteiger charge is -2.15. The summed E-state index contributed by atoms with van der Waals surface area (Å²) >= 11 is 5.93. The van der Waals surface area contributed by atoms with Crippen molar-refractivity contribution in [2.75, 3.05) is 19.0 Å². The summed E-state index contributed by atoms with van der Waals surface area (Å²) in [5.41, 5.74) is 1.33. The van der Waals surface area contributed by atoms with Crippen LogP contribution in [-0.4, -0.2) is 31.7 Å². The standard InChI is InChI=1S/C19H20ClNO5/c1-12-10-14(8-9-15(12)20)25-11-18(22)26-13(2)19(23)21-16-6-4-5-7-17(16)24-3/h4-10,13H,11H2,1-3H3,(H,21,23)/t13-/m1/s1. The van der Waals surface area contributed by atoms with Gasteiger partial charge in [-0.3, -0.25) is 4.79 Å². The summed E-state index contributed by atoms with van der Waals surface area (Å²) < 4.78 is 15.6. The summed E-state index contributed by atoms with van der Waals surface area (Å²) in [5.74, 6) is -0.110. The second-order valence-electron chi connectivity index (χ2n) is 5.52. The van der Waals surface area contributed by atoms with Crippen LogP contribution in [0.5, 0.6) is 11.5 Å². The maximum atomic E-state index is 12.2. The minimum atomic E-state index is -0.983. The number of hydrogen-bond acceptors (Lipinski definition) is 5. The van der Waals surface area contributed by atoms with Gasteiger partial charge in [0, 0.05) is 5.02 Å². The van der Waals surface area contributed by atoms with Gasteiger partial charge in [-0.1, -0.05) is 23.7 Å². The van der Waals surface area contributed by atoms with Crippen molar-refractivity contribution in [2.24, 2.45) is 0 Å². The third-order valence-corrected chi connectivity index (χ3v) is 3.95. The molecule has 0 spiro atoms. The molecule has 2 rings (SSSR count).